The number of ether oxygens (including phenoxy) is 2. The predicted octanol–water partition coefficient (Wildman–Crippen LogP) is 2.01. The van der Waals surface area contributed by atoms with Crippen molar-refractivity contribution in [2.75, 3.05) is 13.3 Å². The Morgan fingerprint density at radius 2 is 2.00 bits per heavy atom. The molecule has 3 N–H and O–H groups in total. The normalized spacial score (nSPS) is 18.6. The average Bonchev–Trinajstić information content (AvgIpc) is 3.19. The van der Waals surface area contributed by atoms with Crippen molar-refractivity contribution in [3.63, 3.8) is 0 Å². The van der Waals surface area contributed by atoms with Crippen LogP contribution in [-0.4, -0.2) is 30.6 Å². The van der Waals surface area contributed by atoms with Crippen molar-refractivity contribution >= 4 is 6.03 Å². The number of hydrogen-bond donors (Lipinski definition) is 3. The summed E-state index contributed by atoms with van der Waals surface area (Å²) in [5.74, 6) is 1.65. The lowest BCUT2D eigenvalue weighted by atomic mass is 9.90. The first-order chi connectivity index (χ1) is 11.0. The first-order valence-electron chi connectivity index (χ1n) is 8.08. The maximum atomic E-state index is 12.0. The molecule has 1 unspecified atom stereocenters. The van der Waals surface area contributed by atoms with E-state index < -0.39 is 0 Å². The van der Waals surface area contributed by atoms with Gasteiger partial charge in [0, 0.05) is 18.5 Å². The molecule has 3 rings (SSSR count). The van der Waals surface area contributed by atoms with Gasteiger partial charge in [0.15, 0.2) is 11.5 Å². The molecule has 2 aliphatic rings. The number of rotatable bonds is 6. The predicted molar refractivity (Wildman–Crippen MR) is 85.3 cm³/mol. The zero-order chi connectivity index (χ0) is 16.4. The number of fused-ring (bicyclic) bond motifs is 1. The van der Waals surface area contributed by atoms with Gasteiger partial charge >= 0.3 is 6.03 Å². The highest BCUT2D eigenvalue weighted by Gasteiger charge is 2.49. The molecule has 1 aromatic carbocycles. The highest BCUT2D eigenvalue weighted by molar-refractivity contribution is 5.74. The number of hydrogen-bond acceptors (Lipinski definition) is 4. The summed E-state index contributed by atoms with van der Waals surface area (Å²) in [6, 6.07) is 5.40. The summed E-state index contributed by atoms with van der Waals surface area (Å²) in [7, 11) is 0. The van der Waals surface area contributed by atoms with Crippen molar-refractivity contribution in [2.24, 2.45) is 11.3 Å². The van der Waals surface area contributed by atoms with E-state index in [1.165, 1.54) is 0 Å². The molecule has 0 spiro atoms. The number of amides is 2. The van der Waals surface area contributed by atoms with Crippen LogP contribution in [0.1, 0.15) is 32.3 Å². The van der Waals surface area contributed by atoms with E-state index in [4.69, 9.17) is 9.47 Å². The Kier molecular flexibility index (Phi) is 4.35. The largest absolute Gasteiger partial charge is 0.454 e. The molecule has 0 saturated heterocycles. The summed E-state index contributed by atoms with van der Waals surface area (Å²) in [6.45, 7) is 5.18. The summed E-state index contributed by atoms with van der Waals surface area (Å²) in [5.41, 5.74) is 0.817. The van der Waals surface area contributed by atoms with Crippen LogP contribution in [0.15, 0.2) is 18.2 Å². The second-order valence-electron chi connectivity index (χ2n) is 6.78. The van der Waals surface area contributed by atoms with Crippen molar-refractivity contribution in [1.29, 1.82) is 0 Å². The van der Waals surface area contributed by atoms with Crippen LogP contribution < -0.4 is 20.1 Å². The van der Waals surface area contributed by atoms with Crippen LogP contribution in [0.5, 0.6) is 11.5 Å². The molecule has 1 heterocycles. The Hall–Kier alpha value is -1.95. The first kappa shape index (κ1) is 15.9. The van der Waals surface area contributed by atoms with Gasteiger partial charge in [-0.05, 0) is 36.5 Å². The number of benzene rings is 1. The number of aliphatic hydroxyl groups is 1. The van der Waals surface area contributed by atoms with Gasteiger partial charge in [-0.15, -0.1) is 0 Å². The fourth-order valence-electron chi connectivity index (χ4n) is 3.00. The minimum atomic E-state index is -0.364. The zero-order valence-corrected chi connectivity index (χ0v) is 13.6. The number of nitrogens with one attached hydrogen (secondary N) is 2. The van der Waals surface area contributed by atoms with Gasteiger partial charge in [-0.1, -0.05) is 19.9 Å². The summed E-state index contributed by atoms with van der Waals surface area (Å²) in [5, 5.41) is 15.9. The number of urea groups is 1. The molecule has 126 valence electrons. The van der Waals surface area contributed by atoms with Gasteiger partial charge in [0.1, 0.15) is 0 Å². The van der Waals surface area contributed by atoms with Crippen LogP contribution in [0.3, 0.4) is 0 Å². The number of carbonyl (C=O) groups excluding carboxylic acids is 1. The third kappa shape index (κ3) is 3.52. The SMILES string of the molecule is CC(C)C(O)C1(CNC(=O)NCc2ccc3c(c2)OCO3)CC1. The Morgan fingerprint density at radius 1 is 1.26 bits per heavy atom. The van der Waals surface area contributed by atoms with E-state index in [0.29, 0.717) is 18.8 Å². The monoisotopic (exact) mass is 320 g/mol. The minimum Gasteiger partial charge on any atom is -0.454 e. The Morgan fingerprint density at radius 3 is 2.70 bits per heavy atom. The van der Waals surface area contributed by atoms with Crippen LogP contribution in [0.2, 0.25) is 0 Å². The topological polar surface area (TPSA) is 79.8 Å². The van der Waals surface area contributed by atoms with E-state index in [-0.39, 0.29) is 30.3 Å². The van der Waals surface area contributed by atoms with Crippen molar-refractivity contribution in [3.8, 4) is 11.5 Å². The lowest BCUT2D eigenvalue weighted by Crippen LogP contribution is -2.42. The molecular weight excluding hydrogens is 296 g/mol. The van der Waals surface area contributed by atoms with Gasteiger partial charge in [0.2, 0.25) is 6.79 Å². The second-order valence-corrected chi connectivity index (χ2v) is 6.78. The molecule has 23 heavy (non-hydrogen) atoms. The van der Waals surface area contributed by atoms with Gasteiger partial charge in [0.25, 0.3) is 0 Å². The van der Waals surface area contributed by atoms with Crippen LogP contribution in [0.25, 0.3) is 0 Å². The molecule has 6 heteroatoms. The fourth-order valence-corrected chi connectivity index (χ4v) is 3.00. The zero-order valence-electron chi connectivity index (χ0n) is 13.6. The molecule has 1 atom stereocenters. The van der Waals surface area contributed by atoms with Crippen LogP contribution >= 0.6 is 0 Å². The maximum absolute atomic E-state index is 12.0. The summed E-state index contributed by atoms with van der Waals surface area (Å²) < 4.78 is 10.6. The molecule has 1 aliphatic heterocycles. The summed E-state index contributed by atoms with van der Waals surface area (Å²) >= 11 is 0. The molecule has 6 nitrogen and oxygen atoms in total. The lowest BCUT2D eigenvalue weighted by molar-refractivity contribution is 0.0515. The molecule has 1 fully saturated rings. The lowest BCUT2D eigenvalue weighted by Gasteiger charge is -2.25. The molecule has 1 saturated carbocycles. The Labute approximate surface area is 136 Å². The van der Waals surface area contributed by atoms with E-state index in [1.807, 2.05) is 32.0 Å². The Balaban J connectivity index is 1.45. The van der Waals surface area contributed by atoms with E-state index in [9.17, 15) is 9.90 Å². The third-order valence-corrected chi connectivity index (χ3v) is 4.64. The fraction of sp³-hybridized carbons (Fsp3) is 0.588. The van der Waals surface area contributed by atoms with E-state index >= 15 is 0 Å². The molecule has 2 amide bonds. The smallest absolute Gasteiger partial charge is 0.315 e. The maximum Gasteiger partial charge on any atom is 0.315 e. The van der Waals surface area contributed by atoms with Gasteiger partial charge in [0.05, 0.1) is 6.10 Å². The Bertz CT molecular complexity index is 584. The number of carbonyl (C=O) groups is 1. The molecule has 1 aliphatic carbocycles. The quantitative estimate of drug-likeness (QED) is 0.749. The van der Waals surface area contributed by atoms with Crippen molar-refractivity contribution < 1.29 is 19.4 Å². The van der Waals surface area contributed by atoms with Gasteiger partial charge < -0.3 is 25.2 Å². The average molecular weight is 320 g/mol. The van der Waals surface area contributed by atoms with E-state index in [1.54, 1.807) is 0 Å². The van der Waals surface area contributed by atoms with Crippen molar-refractivity contribution in [1.82, 2.24) is 10.6 Å². The molecule has 1 aromatic rings. The van der Waals surface area contributed by atoms with Crippen LogP contribution in [0, 0.1) is 11.3 Å². The molecule has 0 radical (unpaired) electrons. The molecule has 0 bridgehead atoms. The molecule has 0 aromatic heterocycles. The van der Waals surface area contributed by atoms with Crippen LogP contribution in [-0.2, 0) is 6.54 Å². The first-order valence-corrected chi connectivity index (χ1v) is 8.08. The minimum absolute atomic E-state index is 0.135. The number of aliphatic hydroxyl groups excluding tert-OH is 1. The highest BCUT2D eigenvalue weighted by Crippen LogP contribution is 2.50. The van der Waals surface area contributed by atoms with Gasteiger partial charge in [-0.3, -0.25) is 0 Å². The van der Waals surface area contributed by atoms with Crippen molar-refractivity contribution in [3.05, 3.63) is 23.8 Å². The summed E-state index contributed by atoms with van der Waals surface area (Å²) in [4.78, 5) is 12.0. The standard InChI is InChI=1S/C17H24N2O4/c1-11(2)15(20)17(5-6-17)9-19-16(21)18-8-12-3-4-13-14(7-12)23-10-22-13/h3-4,7,11,15,20H,5-6,8-10H2,1-2H3,(H2,18,19,21). The van der Waals surface area contributed by atoms with E-state index in [0.717, 1.165) is 24.2 Å². The van der Waals surface area contributed by atoms with Gasteiger partial charge in [-0.25, -0.2) is 4.79 Å². The van der Waals surface area contributed by atoms with Crippen LogP contribution in [0.4, 0.5) is 4.79 Å². The van der Waals surface area contributed by atoms with Crippen molar-refractivity contribution in [2.45, 2.75) is 39.3 Å². The van der Waals surface area contributed by atoms with Gasteiger partial charge in [-0.2, -0.15) is 0 Å². The highest BCUT2D eigenvalue weighted by atomic mass is 16.7. The molecular formula is C17H24N2O4. The second kappa shape index (κ2) is 6.28. The third-order valence-electron chi connectivity index (χ3n) is 4.64. The van der Waals surface area contributed by atoms with E-state index in [2.05, 4.69) is 10.6 Å². The summed E-state index contributed by atoms with van der Waals surface area (Å²) in [6.07, 6.45) is 1.57.